The van der Waals surface area contributed by atoms with Gasteiger partial charge in [0.1, 0.15) is 0 Å². The van der Waals surface area contributed by atoms with Gasteiger partial charge in [-0.25, -0.2) is 0 Å². The van der Waals surface area contributed by atoms with E-state index in [1.807, 2.05) is 11.8 Å². The molecule has 4 nitrogen and oxygen atoms in total. The molecule has 2 atom stereocenters. The van der Waals surface area contributed by atoms with Crippen LogP contribution in [-0.2, 0) is 9.53 Å². The summed E-state index contributed by atoms with van der Waals surface area (Å²) in [6.45, 7) is 8.57. The Hall–Kier alpha value is -0.610. The maximum absolute atomic E-state index is 12.0. The van der Waals surface area contributed by atoms with Crippen molar-refractivity contribution >= 4 is 5.91 Å². The maximum Gasteiger partial charge on any atom is 0.225 e. The molecule has 1 rings (SSSR count). The van der Waals surface area contributed by atoms with Gasteiger partial charge in [-0.2, -0.15) is 0 Å². The van der Waals surface area contributed by atoms with Crippen LogP contribution in [0.5, 0.6) is 0 Å². The molecule has 0 bridgehead atoms. The Morgan fingerprint density at radius 2 is 2.20 bits per heavy atom. The Labute approximate surface area is 91.8 Å². The molecule has 0 saturated carbocycles. The number of carbonyl (C=O) groups excluding carboxylic acids is 1. The first-order chi connectivity index (χ1) is 7.06. The number of nitrogens with two attached hydrogens (primary N) is 1. The van der Waals surface area contributed by atoms with Crippen molar-refractivity contribution in [2.45, 2.75) is 26.9 Å². The Morgan fingerprint density at radius 1 is 1.53 bits per heavy atom. The summed E-state index contributed by atoms with van der Waals surface area (Å²) in [5.74, 6) is 0.699. The van der Waals surface area contributed by atoms with Crippen LogP contribution in [0.3, 0.4) is 0 Å². The van der Waals surface area contributed by atoms with Gasteiger partial charge in [-0.3, -0.25) is 4.79 Å². The lowest BCUT2D eigenvalue weighted by atomic mass is 9.96. The van der Waals surface area contributed by atoms with Crippen LogP contribution in [0.25, 0.3) is 0 Å². The number of nitrogens with zero attached hydrogens (tertiary/aromatic N) is 1. The van der Waals surface area contributed by atoms with E-state index in [-0.39, 0.29) is 17.9 Å². The van der Waals surface area contributed by atoms with Crippen molar-refractivity contribution in [1.29, 1.82) is 0 Å². The van der Waals surface area contributed by atoms with Crippen molar-refractivity contribution in [1.82, 2.24) is 4.90 Å². The van der Waals surface area contributed by atoms with Crippen molar-refractivity contribution in [2.75, 3.05) is 26.2 Å². The largest absolute Gasteiger partial charge is 0.373 e. The molecule has 0 spiro atoms. The molecule has 0 aromatic rings. The summed E-state index contributed by atoms with van der Waals surface area (Å²) in [6.07, 6.45) is 0.0158. The number of morpholine rings is 1. The van der Waals surface area contributed by atoms with E-state index in [4.69, 9.17) is 10.5 Å². The van der Waals surface area contributed by atoms with Gasteiger partial charge in [-0.05, 0) is 5.92 Å². The Bertz CT molecular complexity index is 219. The lowest BCUT2D eigenvalue weighted by Crippen LogP contribution is -2.50. The minimum Gasteiger partial charge on any atom is -0.373 e. The smallest absolute Gasteiger partial charge is 0.225 e. The lowest BCUT2D eigenvalue weighted by molar-refractivity contribution is -0.143. The molecule has 1 fully saturated rings. The summed E-state index contributed by atoms with van der Waals surface area (Å²) >= 11 is 0. The van der Waals surface area contributed by atoms with Gasteiger partial charge >= 0.3 is 0 Å². The van der Waals surface area contributed by atoms with Crippen LogP contribution in [0.1, 0.15) is 20.8 Å². The van der Waals surface area contributed by atoms with Crippen molar-refractivity contribution < 1.29 is 9.53 Å². The molecule has 0 aromatic carbocycles. The molecule has 2 N–H and O–H groups in total. The van der Waals surface area contributed by atoms with Crippen molar-refractivity contribution in [3.63, 3.8) is 0 Å². The molecule has 0 aromatic heterocycles. The second kappa shape index (κ2) is 5.47. The van der Waals surface area contributed by atoms with Crippen LogP contribution in [-0.4, -0.2) is 43.2 Å². The second-order valence-corrected chi connectivity index (χ2v) is 4.55. The van der Waals surface area contributed by atoms with Crippen molar-refractivity contribution in [3.8, 4) is 0 Å². The van der Waals surface area contributed by atoms with E-state index in [0.717, 1.165) is 0 Å². The molecule has 0 radical (unpaired) electrons. The topological polar surface area (TPSA) is 55.6 Å². The van der Waals surface area contributed by atoms with Gasteiger partial charge in [0.25, 0.3) is 0 Å². The highest BCUT2D eigenvalue weighted by Crippen LogP contribution is 2.15. The van der Waals surface area contributed by atoms with Crippen LogP contribution >= 0.6 is 0 Å². The third kappa shape index (κ3) is 3.18. The van der Waals surface area contributed by atoms with Gasteiger partial charge in [-0.1, -0.05) is 20.8 Å². The zero-order valence-electron chi connectivity index (χ0n) is 9.90. The average Bonchev–Trinajstić information content (AvgIpc) is 2.27. The first kappa shape index (κ1) is 12.5. The molecule has 15 heavy (non-hydrogen) atoms. The highest BCUT2D eigenvalue weighted by Gasteiger charge is 2.27. The van der Waals surface area contributed by atoms with E-state index in [1.165, 1.54) is 0 Å². The minimum atomic E-state index is 0.0158. The standard InChI is InChI=1S/C11H22N2O2/c1-8(2)9(3)11(14)13-4-5-15-10(6-12)7-13/h8-10H,4-7,12H2,1-3H3. The first-order valence-electron chi connectivity index (χ1n) is 5.66. The normalized spacial score (nSPS) is 24.3. The molecule has 2 unspecified atom stereocenters. The highest BCUT2D eigenvalue weighted by atomic mass is 16.5. The van der Waals surface area contributed by atoms with E-state index >= 15 is 0 Å². The lowest BCUT2D eigenvalue weighted by Gasteiger charge is -2.34. The molecule has 4 heteroatoms. The predicted molar refractivity (Wildman–Crippen MR) is 59.4 cm³/mol. The van der Waals surface area contributed by atoms with Gasteiger partial charge in [0.15, 0.2) is 0 Å². The van der Waals surface area contributed by atoms with Crippen LogP contribution in [0.15, 0.2) is 0 Å². The van der Waals surface area contributed by atoms with E-state index in [0.29, 0.717) is 32.2 Å². The fourth-order valence-corrected chi connectivity index (χ4v) is 1.64. The fourth-order valence-electron chi connectivity index (χ4n) is 1.64. The third-order valence-corrected chi connectivity index (χ3v) is 3.10. The van der Waals surface area contributed by atoms with Gasteiger partial charge in [0, 0.05) is 25.6 Å². The number of carbonyl (C=O) groups is 1. The summed E-state index contributed by atoms with van der Waals surface area (Å²) in [6, 6.07) is 0. The maximum atomic E-state index is 12.0. The van der Waals surface area contributed by atoms with Crippen LogP contribution in [0, 0.1) is 11.8 Å². The third-order valence-electron chi connectivity index (χ3n) is 3.10. The van der Waals surface area contributed by atoms with Gasteiger partial charge in [0.2, 0.25) is 5.91 Å². The van der Waals surface area contributed by atoms with Gasteiger partial charge < -0.3 is 15.4 Å². The fraction of sp³-hybridized carbons (Fsp3) is 0.909. The molecule has 1 heterocycles. The number of hydrogen-bond acceptors (Lipinski definition) is 3. The van der Waals surface area contributed by atoms with Crippen LogP contribution in [0.4, 0.5) is 0 Å². The quantitative estimate of drug-likeness (QED) is 0.743. The van der Waals surface area contributed by atoms with E-state index < -0.39 is 0 Å². The number of hydrogen-bond donors (Lipinski definition) is 1. The molecule has 1 aliphatic heterocycles. The van der Waals surface area contributed by atoms with Crippen LogP contribution < -0.4 is 5.73 Å². The Kier molecular flexibility index (Phi) is 4.54. The van der Waals surface area contributed by atoms with E-state index in [1.54, 1.807) is 0 Å². The summed E-state index contributed by atoms with van der Waals surface area (Å²) < 4.78 is 5.43. The number of rotatable bonds is 3. The second-order valence-electron chi connectivity index (χ2n) is 4.55. The predicted octanol–water partition coefficient (Wildman–Crippen LogP) is 0.465. The summed E-state index contributed by atoms with van der Waals surface area (Å²) in [5, 5.41) is 0. The Balaban J connectivity index is 2.52. The van der Waals surface area contributed by atoms with E-state index in [2.05, 4.69) is 13.8 Å². The van der Waals surface area contributed by atoms with Crippen molar-refractivity contribution in [3.05, 3.63) is 0 Å². The molecular weight excluding hydrogens is 192 g/mol. The van der Waals surface area contributed by atoms with Crippen LogP contribution in [0.2, 0.25) is 0 Å². The molecule has 1 aliphatic rings. The molecular formula is C11H22N2O2. The Morgan fingerprint density at radius 3 is 2.73 bits per heavy atom. The van der Waals surface area contributed by atoms with Crippen molar-refractivity contribution in [2.24, 2.45) is 17.6 Å². The van der Waals surface area contributed by atoms with Gasteiger partial charge in [0.05, 0.1) is 12.7 Å². The molecule has 1 saturated heterocycles. The molecule has 88 valence electrons. The SMILES string of the molecule is CC(C)C(C)C(=O)N1CCOC(CN)C1. The van der Waals surface area contributed by atoms with E-state index in [9.17, 15) is 4.79 Å². The summed E-state index contributed by atoms with van der Waals surface area (Å²) in [7, 11) is 0. The number of ether oxygens (including phenoxy) is 1. The number of amides is 1. The zero-order valence-corrected chi connectivity index (χ0v) is 9.90. The summed E-state index contributed by atoms with van der Waals surface area (Å²) in [4.78, 5) is 13.9. The summed E-state index contributed by atoms with van der Waals surface area (Å²) in [5.41, 5.74) is 5.54. The minimum absolute atomic E-state index is 0.0158. The zero-order chi connectivity index (χ0) is 11.4. The monoisotopic (exact) mass is 214 g/mol. The molecule has 0 aliphatic carbocycles. The first-order valence-corrected chi connectivity index (χ1v) is 5.66. The van der Waals surface area contributed by atoms with Gasteiger partial charge in [-0.15, -0.1) is 0 Å². The highest BCUT2D eigenvalue weighted by molar-refractivity contribution is 5.78. The average molecular weight is 214 g/mol. The molecule has 1 amide bonds.